The number of hydrogen-bond donors (Lipinski definition) is 2. The Kier molecular flexibility index (Phi) is 4.55. The van der Waals surface area contributed by atoms with Crippen LogP contribution in [0.15, 0.2) is 24.3 Å². The first-order valence-corrected chi connectivity index (χ1v) is 6.73. The number of nitrogens with one attached hydrogen (secondary N) is 1. The Hall–Kier alpha value is -1.84. The minimum Gasteiger partial charge on any atom is -0.481 e. The Bertz CT molecular complexity index is 445. The molecular weight excluding hydrogens is 242 g/mol. The Morgan fingerprint density at radius 3 is 2.37 bits per heavy atom. The second-order valence-electron chi connectivity index (χ2n) is 5.02. The molecule has 0 fully saturated rings. The molecule has 0 unspecified atom stereocenters. The highest BCUT2D eigenvalue weighted by Crippen LogP contribution is 2.26. The van der Waals surface area contributed by atoms with Crippen LogP contribution in [0.2, 0.25) is 0 Å². The number of hydrogen-bond acceptors (Lipinski definition) is 2. The minimum absolute atomic E-state index is 0.0388. The van der Waals surface area contributed by atoms with E-state index in [-0.39, 0.29) is 18.2 Å². The average molecular weight is 261 g/mol. The molecule has 1 aliphatic carbocycles. The van der Waals surface area contributed by atoms with Gasteiger partial charge in [0.2, 0.25) is 5.91 Å². The molecule has 2 rings (SSSR count). The van der Waals surface area contributed by atoms with Crippen LogP contribution in [-0.2, 0) is 22.4 Å². The molecule has 2 N–H and O–H groups in total. The fraction of sp³-hybridized carbons (Fsp3) is 0.467. The SMILES string of the molecule is O=C(O)CCCCNC(=O)C1Cc2ccccc2C1. The van der Waals surface area contributed by atoms with E-state index in [4.69, 9.17) is 5.11 Å². The maximum absolute atomic E-state index is 12.0. The first-order valence-electron chi connectivity index (χ1n) is 6.73. The molecule has 0 aliphatic heterocycles. The molecule has 102 valence electrons. The summed E-state index contributed by atoms with van der Waals surface area (Å²) in [5.74, 6) is -0.652. The van der Waals surface area contributed by atoms with Crippen LogP contribution in [-0.4, -0.2) is 23.5 Å². The zero-order chi connectivity index (χ0) is 13.7. The number of benzene rings is 1. The van der Waals surface area contributed by atoms with Crippen LogP contribution >= 0.6 is 0 Å². The lowest BCUT2D eigenvalue weighted by molar-refractivity contribution is -0.137. The van der Waals surface area contributed by atoms with Crippen molar-refractivity contribution in [2.75, 3.05) is 6.54 Å². The molecule has 4 heteroatoms. The van der Waals surface area contributed by atoms with Crippen molar-refractivity contribution in [3.63, 3.8) is 0 Å². The highest BCUT2D eigenvalue weighted by molar-refractivity contribution is 5.80. The molecule has 1 aromatic rings. The number of carbonyl (C=O) groups is 2. The van der Waals surface area contributed by atoms with Crippen LogP contribution in [0.4, 0.5) is 0 Å². The minimum atomic E-state index is -0.780. The molecule has 0 aromatic heterocycles. The Labute approximate surface area is 112 Å². The van der Waals surface area contributed by atoms with Gasteiger partial charge in [0.15, 0.2) is 0 Å². The zero-order valence-corrected chi connectivity index (χ0v) is 10.9. The molecular formula is C15H19NO3. The lowest BCUT2D eigenvalue weighted by Crippen LogP contribution is -2.31. The van der Waals surface area contributed by atoms with Gasteiger partial charge >= 0.3 is 5.97 Å². The third-order valence-corrected chi connectivity index (χ3v) is 3.54. The molecule has 0 atom stereocenters. The maximum Gasteiger partial charge on any atom is 0.303 e. The van der Waals surface area contributed by atoms with Gasteiger partial charge in [-0.2, -0.15) is 0 Å². The number of fused-ring (bicyclic) bond motifs is 1. The summed E-state index contributed by atoms with van der Waals surface area (Å²) in [5.41, 5.74) is 2.54. The van der Waals surface area contributed by atoms with Crippen LogP contribution in [0.25, 0.3) is 0 Å². The molecule has 19 heavy (non-hydrogen) atoms. The number of carbonyl (C=O) groups excluding carboxylic acids is 1. The molecule has 0 bridgehead atoms. The van der Waals surface area contributed by atoms with E-state index in [0.717, 1.165) is 19.3 Å². The van der Waals surface area contributed by atoms with Crippen LogP contribution in [0.3, 0.4) is 0 Å². The molecule has 0 saturated heterocycles. The molecule has 0 radical (unpaired) electrons. The first kappa shape index (κ1) is 13.6. The molecule has 4 nitrogen and oxygen atoms in total. The summed E-state index contributed by atoms with van der Waals surface area (Å²) in [4.78, 5) is 22.3. The first-order chi connectivity index (χ1) is 9.16. The van der Waals surface area contributed by atoms with Crippen LogP contribution in [0, 0.1) is 5.92 Å². The van der Waals surface area contributed by atoms with Gasteiger partial charge in [0, 0.05) is 18.9 Å². The molecule has 1 aliphatic rings. The third-order valence-electron chi connectivity index (χ3n) is 3.54. The van der Waals surface area contributed by atoms with Crippen LogP contribution in [0.1, 0.15) is 30.4 Å². The van der Waals surface area contributed by atoms with E-state index in [1.165, 1.54) is 11.1 Å². The number of unbranched alkanes of at least 4 members (excludes halogenated alkanes) is 1. The normalized spacial score (nSPS) is 14.1. The van der Waals surface area contributed by atoms with E-state index in [0.29, 0.717) is 13.0 Å². The topological polar surface area (TPSA) is 66.4 Å². The second kappa shape index (κ2) is 6.36. The highest BCUT2D eigenvalue weighted by Gasteiger charge is 2.26. The summed E-state index contributed by atoms with van der Waals surface area (Å²) >= 11 is 0. The van der Waals surface area contributed by atoms with Gasteiger partial charge in [0.1, 0.15) is 0 Å². The lowest BCUT2D eigenvalue weighted by Gasteiger charge is -2.09. The van der Waals surface area contributed by atoms with Gasteiger partial charge < -0.3 is 10.4 Å². The van der Waals surface area contributed by atoms with Gasteiger partial charge in [-0.3, -0.25) is 9.59 Å². The highest BCUT2D eigenvalue weighted by atomic mass is 16.4. The van der Waals surface area contributed by atoms with Gasteiger partial charge in [-0.15, -0.1) is 0 Å². The Morgan fingerprint density at radius 1 is 1.16 bits per heavy atom. The summed E-state index contributed by atoms with van der Waals surface area (Å²) in [6.45, 7) is 0.568. The number of rotatable bonds is 6. The number of aliphatic carboxylic acids is 1. The monoisotopic (exact) mass is 261 g/mol. The predicted octanol–water partition coefficient (Wildman–Crippen LogP) is 1.77. The predicted molar refractivity (Wildman–Crippen MR) is 71.8 cm³/mol. The Balaban J connectivity index is 1.70. The third kappa shape index (κ3) is 3.81. The summed E-state index contributed by atoms with van der Waals surface area (Å²) in [5, 5.41) is 11.4. The molecule has 0 heterocycles. The van der Waals surface area contributed by atoms with Crippen molar-refractivity contribution in [3.05, 3.63) is 35.4 Å². The van der Waals surface area contributed by atoms with Crippen molar-refractivity contribution < 1.29 is 14.7 Å². The fourth-order valence-electron chi connectivity index (χ4n) is 2.50. The molecule has 0 saturated carbocycles. The smallest absolute Gasteiger partial charge is 0.303 e. The lowest BCUT2D eigenvalue weighted by atomic mass is 10.1. The van der Waals surface area contributed by atoms with Crippen LogP contribution < -0.4 is 5.32 Å². The standard InChI is InChI=1S/C15H19NO3/c17-14(18)7-3-4-8-16-15(19)13-9-11-5-1-2-6-12(11)10-13/h1-2,5-6,13H,3-4,7-10H2,(H,16,19)(H,17,18). The summed E-state index contributed by atoms with van der Waals surface area (Å²) in [6, 6.07) is 8.17. The van der Waals surface area contributed by atoms with E-state index >= 15 is 0 Å². The van der Waals surface area contributed by atoms with Crippen molar-refractivity contribution >= 4 is 11.9 Å². The number of carboxylic acids is 1. The van der Waals surface area contributed by atoms with E-state index in [2.05, 4.69) is 17.4 Å². The summed E-state index contributed by atoms with van der Waals surface area (Å²) in [7, 11) is 0. The van der Waals surface area contributed by atoms with Gasteiger partial charge in [-0.05, 0) is 36.8 Å². The maximum atomic E-state index is 12.0. The Morgan fingerprint density at radius 2 is 1.79 bits per heavy atom. The van der Waals surface area contributed by atoms with Crippen molar-refractivity contribution in [2.24, 2.45) is 5.92 Å². The van der Waals surface area contributed by atoms with E-state index < -0.39 is 5.97 Å². The van der Waals surface area contributed by atoms with Crippen molar-refractivity contribution in [1.29, 1.82) is 0 Å². The largest absolute Gasteiger partial charge is 0.481 e. The number of amides is 1. The zero-order valence-electron chi connectivity index (χ0n) is 10.9. The number of carboxylic acid groups (broad SMARTS) is 1. The summed E-state index contributed by atoms with van der Waals surface area (Å²) in [6.07, 6.45) is 3.14. The van der Waals surface area contributed by atoms with E-state index in [1.54, 1.807) is 0 Å². The quantitative estimate of drug-likeness (QED) is 0.767. The van der Waals surface area contributed by atoms with Crippen LogP contribution in [0.5, 0.6) is 0 Å². The van der Waals surface area contributed by atoms with Crippen molar-refractivity contribution in [1.82, 2.24) is 5.32 Å². The van der Waals surface area contributed by atoms with Gasteiger partial charge in [0.25, 0.3) is 0 Å². The average Bonchev–Trinajstić information content (AvgIpc) is 2.81. The fourth-order valence-corrected chi connectivity index (χ4v) is 2.50. The van der Waals surface area contributed by atoms with Crippen molar-refractivity contribution in [3.8, 4) is 0 Å². The molecule has 1 aromatic carbocycles. The van der Waals surface area contributed by atoms with E-state index in [9.17, 15) is 9.59 Å². The van der Waals surface area contributed by atoms with Crippen molar-refractivity contribution in [2.45, 2.75) is 32.1 Å². The van der Waals surface area contributed by atoms with Gasteiger partial charge in [-0.1, -0.05) is 24.3 Å². The van der Waals surface area contributed by atoms with E-state index in [1.807, 2.05) is 12.1 Å². The van der Waals surface area contributed by atoms with Gasteiger partial charge in [0.05, 0.1) is 0 Å². The second-order valence-corrected chi connectivity index (χ2v) is 5.02. The summed E-state index contributed by atoms with van der Waals surface area (Å²) < 4.78 is 0. The van der Waals surface area contributed by atoms with Gasteiger partial charge in [-0.25, -0.2) is 0 Å². The molecule has 1 amide bonds. The molecule has 0 spiro atoms.